The molecule has 2 atom stereocenters. The predicted molar refractivity (Wildman–Crippen MR) is 104 cm³/mol. The number of hydrogen-bond acceptors (Lipinski definition) is 4. The smallest absolute Gasteiger partial charge is 0.240 e. The van der Waals surface area contributed by atoms with Gasteiger partial charge in [-0.3, -0.25) is 0 Å². The maximum Gasteiger partial charge on any atom is 0.240 e. The lowest BCUT2D eigenvalue weighted by molar-refractivity contribution is 0.378. The van der Waals surface area contributed by atoms with Crippen molar-refractivity contribution in [2.24, 2.45) is 0 Å². The van der Waals surface area contributed by atoms with E-state index in [1.54, 1.807) is 19.2 Å². The highest BCUT2D eigenvalue weighted by molar-refractivity contribution is 7.89. The predicted octanol–water partition coefficient (Wildman–Crippen LogP) is 3.71. The number of anilines is 1. The number of nitrogens with one attached hydrogen (secondary N) is 2. The second kappa shape index (κ2) is 8.10. The lowest BCUT2D eigenvalue weighted by atomic mass is 9.91. The van der Waals surface area contributed by atoms with Crippen LogP contribution in [0.1, 0.15) is 31.2 Å². The third kappa shape index (κ3) is 4.56. The van der Waals surface area contributed by atoms with Crippen molar-refractivity contribution in [2.45, 2.75) is 49.6 Å². The van der Waals surface area contributed by atoms with Gasteiger partial charge in [-0.05, 0) is 56.2 Å². The summed E-state index contributed by atoms with van der Waals surface area (Å²) in [6.07, 6.45) is 3.89. The van der Waals surface area contributed by atoms with E-state index in [4.69, 9.17) is 4.74 Å². The normalized spacial score (nSPS) is 20.5. The fraction of sp³-hybridized carbons (Fsp3) is 0.400. The average Bonchev–Trinajstić information content (AvgIpc) is 2.64. The Morgan fingerprint density at radius 3 is 2.15 bits per heavy atom. The zero-order chi connectivity index (χ0) is 18.6. The molecular weight excluding hydrogens is 348 g/mol. The Balaban J connectivity index is 1.72. The summed E-state index contributed by atoms with van der Waals surface area (Å²) < 4.78 is 33.6. The Kier molecular flexibility index (Phi) is 5.84. The van der Waals surface area contributed by atoms with Gasteiger partial charge in [0.1, 0.15) is 5.75 Å². The number of rotatable bonds is 6. The summed E-state index contributed by atoms with van der Waals surface area (Å²) in [5, 5.41) is 3.48. The van der Waals surface area contributed by atoms with Gasteiger partial charge in [-0.2, -0.15) is 0 Å². The minimum atomic E-state index is -3.52. The molecule has 0 aliphatic heterocycles. The Morgan fingerprint density at radius 2 is 1.54 bits per heavy atom. The molecule has 0 unspecified atom stereocenters. The van der Waals surface area contributed by atoms with Crippen molar-refractivity contribution in [3.63, 3.8) is 0 Å². The molecule has 0 saturated heterocycles. The molecule has 0 aromatic heterocycles. The van der Waals surface area contributed by atoms with E-state index in [-0.39, 0.29) is 12.1 Å². The van der Waals surface area contributed by atoms with Gasteiger partial charge in [0.25, 0.3) is 0 Å². The van der Waals surface area contributed by atoms with E-state index in [0.29, 0.717) is 4.90 Å². The molecule has 0 spiro atoms. The Morgan fingerprint density at radius 1 is 0.923 bits per heavy atom. The molecule has 140 valence electrons. The summed E-state index contributed by atoms with van der Waals surface area (Å²) in [7, 11) is -1.88. The number of methoxy groups -OCH3 is 1. The fourth-order valence-electron chi connectivity index (χ4n) is 3.33. The Labute approximate surface area is 155 Å². The SMILES string of the molecule is COc1ccc(N[C@@H]2CCCC[C@@H]2NS(=O)(=O)c2ccc(C)cc2)cc1. The molecular formula is C20H26N2O3S. The van der Waals surface area contributed by atoms with E-state index >= 15 is 0 Å². The molecule has 1 saturated carbocycles. The van der Waals surface area contributed by atoms with Gasteiger partial charge >= 0.3 is 0 Å². The molecule has 1 fully saturated rings. The summed E-state index contributed by atoms with van der Waals surface area (Å²) in [5.41, 5.74) is 2.01. The molecule has 26 heavy (non-hydrogen) atoms. The number of ether oxygens (including phenoxy) is 1. The minimum absolute atomic E-state index is 0.0670. The number of benzene rings is 2. The molecule has 2 aromatic carbocycles. The third-order valence-corrected chi connectivity index (χ3v) is 6.35. The van der Waals surface area contributed by atoms with Crippen LogP contribution < -0.4 is 14.8 Å². The summed E-state index contributed by atoms with van der Waals surface area (Å²) >= 11 is 0. The quantitative estimate of drug-likeness (QED) is 0.809. The van der Waals surface area contributed by atoms with Gasteiger partial charge in [-0.25, -0.2) is 13.1 Å². The van der Waals surface area contributed by atoms with Crippen LogP contribution in [0.5, 0.6) is 5.75 Å². The van der Waals surface area contributed by atoms with Gasteiger partial charge in [-0.1, -0.05) is 30.5 Å². The largest absolute Gasteiger partial charge is 0.497 e. The molecule has 2 aromatic rings. The van der Waals surface area contributed by atoms with Crippen LogP contribution in [-0.2, 0) is 10.0 Å². The van der Waals surface area contributed by atoms with Gasteiger partial charge in [0.15, 0.2) is 0 Å². The van der Waals surface area contributed by atoms with Crippen LogP contribution in [-0.4, -0.2) is 27.6 Å². The van der Waals surface area contributed by atoms with Crippen molar-refractivity contribution in [1.82, 2.24) is 4.72 Å². The lowest BCUT2D eigenvalue weighted by Crippen LogP contribution is -2.48. The van der Waals surface area contributed by atoms with Crippen LogP contribution in [0, 0.1) is 6.92 Å². The van der Waals surface area contributed by atoms with Crippen LogP contribution >= 0.6 is 0 Å². The van der Waals surface area contributed by atoms with E-state index in [9.17, 15) is 8.42 Å². The van der Waals surface area contributed by atoms with Gasteiger partial charge in [0, 0.05) is 17.8 Å². The van der Waals surface area contributed by atoms with Crippen LogP contribution in [0.3, 0.4) is 0 Å². The maximum absolute atomic E-state index is 12.7. The zero-order valence-corrected chi connectivity index (χ0v) is 16.1. The first-order valence-corrected chi connectivity index (χ1v) is 10.5. The van der Waals surface area contributed by atoms with Crippen LogP contribution in [0.15, 0.2) is 53.4 Å². The van der Waals surface area contributed by atoms with Crippen molar-refractivity contribution >= 4 is 15.7 Å². The molecule has 2 N–H and O–H groups in total. The molecule has 0 bridgehead atoms. The third-order valence-electron chi connectivity index (χ3n) is 4.85. The summed E-state index contributed by atoms with van der Waals surface area (Å²) in [4.78, 5) is 0.317. The minimum Gasteiger partial charge on any atom is -0.497 e. The zero-order valence-electron chi connectivity index (χ0n) is 15.2. The summed E-state index contributed by atoms with van der Waals surface area (Å²) in [6, 6.07) is 14.6. The second-order valence-electron chi connectivity index (χ2n) is 6.80. The summed E-state index contributed by atoms with van der Waals surface area (Å²) in [5.74, 6) is 0.802. The highest BCUT2D eigenvalue weighted by Crippen LogP contribution is 2.25. The Bertz CT molecular complexity index is 817. The van der Waals surface area contributed by atoms with E-state index in [2.05, 4.69) is 10.0 Å². The first kappa shape index (κ1) is 18.7. The topological polar surface area (TPSA) is 67.4 Å². The van der Waals surface area contributed by atoms with Crippen molar-refractivity contribution in [3.05, 3.63) is 54.1 Å². The van der Waals surface area contributed by atoms with Crippen LogP contribution in [0.4, 0.5) is 5.69 Å². The molecule has 0 heterocycles. The molecule has 0 amide bonds. The molecule has 1 aliphatic carbocycles. The average molecular weight is 375 g/mol. The van der Waals surface area contributed by atoms with E-state index in [1.807, 2.05) is 43.3 Å². The van der Waals surface area contributed by atoms with Crippen LogP contribution in [0.25, 0.3) is 0 Å². The molecule has 0 radical (unpaired) electrons. The highest BCUT2D eigenvalue weighted by atomic mass is 32.2. The summed E-state index contributed by atoms with van der Waals surface area (Å²) in [6.45, 7) is 1.94. The highest BCUT2D eigenvalue weighted by Gasteiger charge is 2.29. The Hall–Kier alpha value is -2.05. The maximum atomic E-state index is 12.7. The van der Waals surface area contributed by atoms with E-state index < -0.39 is 10.0 Å². The lowest BCUT2D eigenvalue weighted by Gasteiger charge is -2.33. The standard InChI is InChI=1S/C20H26N2O3S/c1-15-7-13-18(14-8-15)26(23,24)22-20-6-4-3-5-19(20)21-16-9-11-17(25-2)12-10-16/h7-14,19-22H,3-6H2,1-2H3/t19-,20+/m1/s1. The monoisotopic (exact) mass is 374 g/mol. The molecule has 3 rings (SSSR count). The van der Waals surface area contributed by atoms with Crippen molar-refractivity contribution < 1.29 is 13.2 Å². The molecule has 5 nitrogen and oxygen atoms in total. The van der Waals surface area contributed by atoms with Gasteiger partial charge < -0.3 is 10.1 Å². The van der Waals surface area contributed by atoms with Gasteiger partial charge in [0.05, 0.1) is 12.0 Å². The molecule has 6 heteroatoms. The van der Waals surface area contributed by atoms with Crippen LogP contribution in [0.2, 0.25) is 0 Å². The first-order valence-electron chi connectivity index (χ1n) is 8.97. The number of aryl methyl sites for hydroxylation is 1. The van der Waals surface area contributed by atoms with E-state index in [1.165, 1.54) is 0 Å². The first-order chi connectivity index (χ1) is 12.5. The van der Waals surface area contributed by atoms with Crippen molar-refractivity contribution in [1.29, 1.82) is 0 Å². The number of hydrogen-bond donors (Lipinski definition) is 2. The number of sulfonamides is 1. The van der Waals surface area contributed by atoms with Crippen molar-refractivity contribution in [2.75, 3.05) is 12.4 Å². The fourth-order valence-corrected chi connectivity index (χ4v) is 4.64. The van der Waals surface area contributed by atoms with Gasteiger partial charge in [0.2, 0.25) is 10.0 Å². The molecule has 1 aliphatic rings. The van der Waals surface area contributed by atoms with E-state index in [0.717, 1.165) is 42.7 Å². The van der Waals surface area contributed by atoms with Crippen molar-refractivity contribution in [3.8, 4) is 5.75 Å². The second-order valence-corrected chi connectivity index (χ2v) is 8.52. The van der Waals surface area contributed by atoms with Gasteiger partial charge in [-0.15, -0.1) is 0 Å².